The predicted molar refractivity (Wildman–Crippen MR) is 120 cm³/mol. The van der Waals surface area contributed by atoms with E-state index in [2.05, 4.69) is 22.5 Å². The van der Waals surface area contributed by atoms with Crippen molar-refractivity contribution in [1.82, 2.24) is 10.2 Å². The van der Waals surface area contributed by atoms with E-state index in [1.807, 2.05) is 0 Å². The zero-order chi connectivity index (χ0) is 21.4. The number of thiocarbonyl (C=S) groups is 1. The van der Waals surface area contributed by atoms with Crippen molar-refractivity contribution >= 4 is 45.6 Å². The average Bonchev–Trinajstić information content (AvgIpc) is 3.00. The minimum Gasteiger partial charge on any atom is -0.462 e. The van der Waals surface area contributed by atoms with E-state index in [0.717, 1.165) is 50.2 Å². The molecule has 2 heterocycles. The summed E-state index contributed by atoms with van der Waals surface area (Å²) < 4.78 is 10.3. The third kappa shape index (κ3) is 6.38. The molecule has 1 aromatic rings. The minimum absolute atomic E-state index is 0.251. The molecule has 1 saturated heterocycles. The molecule has 29 heavy (non-hydrogen) atoms. The van der Waals surface area contributed by atoms with Gasteiger partial charge in [0.05, 0.1) is 18.8 Å². The Kier molecular flexibility index (Phi) is 9.32. The maximum absolute atomic E-state index is 12.5. The van der Waals surface area contributed by atoms with Crippen LogP contribution < -0.4 is 10.6 Å². The van der Waals surface area contributed by atoms with E-state index in [0.29, 0.717) is 32.2 Å². The van der Waals surface area contributed by atoms with Gasteiger partial charge in [0.2, 0.25) is 0 Å². The van der Waals surface area contributed by atoms with Crippen LogP contribution in [0, 0.1) is 6.92 Å². The highest BCUT2D eigenvalue weighted by molar-refractivity contribution is 7.80. The van der Waals surface area contributed by atoms with Gasteiger partial charge < -0.3 is 25.0 Å². The summed E-state index contributed by atoms with van der Waals surface area (Å²) in [6.07, 6.45) is 3.20. The van der Waals surface area contributed by atoms with E-state index >= 15 is 0 Å². The van der Waals surface area contributed by atoms with Gasteiger partial charge in [-0.3, -0.25) is 0 Å². The maximum atomic E-state index is 12.5. The number of hydrogen-bond acceptors (Lipinski definition) is 7. The molecule has 0 radical (unpaired) electrons. The van der Waals surface area contributed by atoms with Crippen molar-refractivity contribution < 1.29 is 19.1 Å². The Bertz CT molecular complexity index is 728. The Hall–Kier alpha value is -1.71. The third-order valence-corrected chi connectivity index (χ3v) is 6.18. The van der Waals surface area contributed by atoms with Gasteiger partial charge in [0.15, 0.2) is 5.11 Å². The Balaban J connectivity index is 2.09. The lowest BCUT2D eigenvalue weighted by Crippen LogP contribution is -2.46. The van der Waals surface area contributed by atoms with Gasteiger partial charge in [0, 0.05) is 19.1 Å². The monoisotopic (exact) mass is 441 g/mol. The normalized spacial score (nSPS) is 15.0. The zero-order valence-corrected chi connectivity index (χ0v) is 19.3. The van der Waals surface area contributed by atoms with Crippen LogP contribution in [0.3, 0.4) is 0 Å². The van der Waals surface area contributed by atoms with Crippen molar-refractivity contribution in [2.75, 3.05) is 38.2 Å². The van der Waals surface area contributed by atoms with E-state index in [4.69, 9.17) is 21.7 Å². The second-order valence-corrected chi connectivity index (χ2v) is 8.34. The van der Waals surface area contributed by atoms with Crippen LogP contribution in [0.5, 0.6) is 0 Å². The van der Waals surface area contributed by atoms with Crippen LogP contribution in [-0.4, -0.2) is 60.8 Å². The number of rotatable bonds is 8. The number of hydrogen-bond donors (Lipinski definition) is 2. The first-order chi connectivity index (χ1) is 13.9. The van der Waals surface area contributed by atoms with Gasteiger partial charge in [0.1, 0.15) is 9.88 Å². The van der Waals surface area contributed by atoms with Crippen LogP contribution in [0.4, 0.5) is 5.00 Å². The molecule has 0 amide bonds. The summed E-state index contributed by atoms with van der Waals surface area (Å²) in [6, 6.07) is 0.291. The first-order valence-electron chi connectivity index (χ1n) is 10.2. The number of anilines is 1. The van der Waals surface area contributed by atoms with Gasteiger partial charge in [-0.2, -0.15) is 0 Å². The summed E-state index contributed by atoms with van der Waals surface area (Å²) >= 11 is 6.64. The lowest BCUT2D eigenvalue weighted by molar-refractivity contribution is 0.0527. The number of likely N-dealkylation sites (tertiary alicyclic amines) is 1. The number of piperidine rings is 1. The Morgan fingerprint density at radius 2 is 1.76 bits per heavy atom. The van der Waals surface area contributed by atoms with Gasteiger partial charge in [-0.25, -0.2) is 9.59 Å². The highest BCUT2D eigenvalue weighted by Crippen LogP contribution is 2.34. The molecule has 9 heteroatoms. The zero-order valence-electron chi connectivity index (χ0n) is 17.6. The molecule has 2 N–H and O–H groups in total. The molecule has 0 saturated carbocycles. The maximum Gasteiger partial charge on any atom is 0.348 e. The standard InChI is InChI=1S/C20H31N3O4S2/c1-5-10-23-11-8-14(9-12-23)21-20(28)22-17-15(18(24)26-6-2)13(4)16(29-17)19(25)27-7-3/h14H,5-12H2,1-4H3,(H2,21,22,28). The molecule has 0 bridgehead atoms. The van der Waals surface area contributed by atoms with Crippen LogP contribution >= 0.6 is 23.6 Å². The van der Waals surface area contributed by atoms with E-state index in [9.17, 15) is 9.59 Å². The highest BCUT2D eigenvalue weighted by Gasteiger charge is 2.27. The lowest BCUT2D eigenvalue weighted by atomic mass is 10.1. The molecule has 1 fully saturated rings. The molecule has 162 valence electrons. The van der Waals surface area contributed by atoms with Gasteiger partial charge in [-0.1, -0.05) is 6.92 Å². The Morgan fingerprint density at radius 1 is 1.14 bits per heavy atom. The largest absolute Gasteiger partial charge is 0.462 e. The Morgan fingerprint density at radius 3 is 2.34 bits per heavy atom. The topological polar surface area (TPSA) is 79.9 Å². The molecule has 1 aliphatic heterocycles. The van der Waals surface area contributed by atoms with Crippen LogP contribution in [0.25, 0.3) is 0 Å². The van der Waals surface area contributed by atoms with Gasteiger partial charge in [-0.15, -0.1) is 11.3 Å². The molecule has 2 rings (SSSR count). The fraction of sp³-hybridized carbons (Fsp3) is 0.650. The molecular weight excluding hydrogens is 410 g/mol. The number of carbonyl (C=O) groups is 2. The Labute approximate surface area is 182 Å². The lowest BCUT2D eigenvalue weighted by Gasteiger charge is -2.32. The van der Waals surface area contributed by atoms with Crippen LogP contribution in [0.1, 0.15) is 65.6 Å². The molecule has 1 aliphatic rings. The third-order valence-electron chi connectivity index (χ3n) is 4.78. The quantitative estimate of drug-likeness (QED) is 0.468. The number of ether oxygens (including phenoxy) is 2. The summed E-state index contributed by atoms with van der Waals surface area (Å²) in [5.41, 5.74) is 0.881. The fourth-order valence-electron chi connectivity index (χ4n) is 3.38. The van der Waals surface area contributed by atoms with Crippen LogP contribution in [0.15, 0.2) is 0 Å². The number of nitrogens with one attached hydrogen (secondary N) is 2. The summed E-state index contributed by atoms with van der Waals surface area (Å²) in [7, 11) is 0. The smallest absolute Gasteiger partial charge is 0.348 e. The molecule has 0 unspecified atom stereocenters. The SMILES string of the molecule is CCCN1CCC(NC(=S)Nc2sc(C(=O)OCC)c(C)c2C(=O)OCC)CC1. The van der Waals surface area contributed by atoms with Crippen LogP contribution in [-0.2, 0) is 9.47 Å². The molecule has 0 aromatic carbocycles. The summed E-state index contributed by atoms with van der Waals surface area (Å²) in [4.78, 5) is 27.6. The summed E-state index contributed by atoms with van der Waals surface area (Å²) in [5, 5.41) is 7.40. The number of nitrogens with zero attached hydrogens (tertiary/aromatic N) is 1. The van der Waals surface area contributed by atoms with Crippen molar-refractivity contribution in [2.45, 2.75) is 53.0 Å². The molecule has 7 nitrogen and oxygen atoms in total. The first-order valence-corrected chi connectivity index (χ1v) is 11.4. The van der Waals surface area contributed by atoms with E-state index in [-0.39, 0.29) is 13.2 Å². The second-order valence-electron chi connectivity index (χ2n) is 6.92. The van der Waals surface area contributed by atoms with Gasteiger partial charge in [-0.05, 0) is 64.4 Å². The molecule has 0 spiro atoms. The van der Waals surface area contributed by atoms with Crippen molar-refractivity contribution in [3.63, 3.8) is 0 Å². The molecule has 0 aliphatic carbocycles. The fourth-order valence-corrected chi connectivity index (χ4v) is 4.81. The molecule has 0 atom stereocenters. The van der Waals surface area contributed by atoms with Gasteiger partial charge in [0.25, 0.3) is 0 Å². The van der Waals surface area contributed by atoms with Gasteiger partial charge >= 0.3 is 11.9 Å². The van der Waals surface area contributed by atoms with E-state index in [1.54, 1.807) is 20.8 Å². The van der Waals surface area contributed by atoms with Crippen molar-refractivity contribution in [1.29, 1.82) is 0 Å². The predicted octanol–water partition coefficient (Wildman–Crippen LogP) is 3.57. The molecular formula is C20H31N3O4S2. The highest BCUT2D eigenvalue weighted by atomic mass is 32.1. The average molecular weight is 442 g/mol. The van der Waals surface area contributed by atoms with Crippen molar-refractivity contribution in [2.24, 2.45) is 0 Å². The number of carbonyl (C=O) groups excluding carboxylic acids is 2. The summed E-state index contributed by atoms with van der Waals surface area (Å²) in [6.45, 7) is 11.2. The second kappa shape index (κ2) is 11.5. The number of esters is 2. The number of thiophene rings is 1. The van der Waals surface area contributed by atoms with E-state index < -0.39 is 11.9 Å². The first kappa shape index (κ1) is 23.6. The van der Waals surface area contributed by atoms with Crippen molar-refractivity contribution in [3.05, 3.63) is 16.0 Å². The van der Waals surface area contributed by atoms with Crippen LogP contribution in [0.2, 0.25) is 0 Å². The molecule has 1 aromatic heterocycles. The van der Waals surface area contributed by atoms with E-state index in [1.165, 1.54) is 0 Å². The minimum atomic E-state index is -0.477. The van der Waals surface area contributed by atoms with Crippen molar-refractivity contribution in [3.8, 4) is 0 Å². The summed E-state index contributed by atoms with van der Waals surface area (Å²) in [5.74, 6) is -0.925.